The molecule has 0 saturated carbocycles. The van der Waals surface area contributed by atoms with E-state index in [0.717, 1.165) is 12.2 Å². The highest BCUT2D eigenvalue weighted by Crippen LogP contribution is 2.05. The number of hydrogen-bond donors (Lipinski definition) is 0. The van der Waals surface area contributed by atoms with E-state index in [1.807, 2.05) is 0 Å². The molecule has 0 saturated heterocycles. The van der Waals surface area contributed by atoms with Gasteiger partial charge in [0.1, 0.15) is 12.4 Å². The SMILES string of the molecule is O=C1OCCc2nccn21. The van der Waals surface area contributed by atoms with Gasteiger partial charge in [-0.15, -0.1) is 0 Å². The summed E-state index contributed by atoms with van der Waals surface area (Å²) in [6, 6.07) is 0. The number of hydrogen-bond acceptors (Lipinski definition) is 3. The zero-order valence-electron chi connectivity index (χ0n) is 5.28. The van der Waals surface area contributed by atoms with Crippen LogP contribution < -0.4 is 0 Å². The zero-order valence-corrected chi connectivity index (χ0v) is 5.28. The van der Waals surface area contributed by atoms with Crippen LogP contribution in [0.2, 0.25) is 0 Å². The number of ether oxygens (including phenoxy) is 1. The lowest BCUT2D eigenvalue weighted by Crippen LogP contribution is -2.23. The van der Waals surface area contributed by atoms with Gasteiger partial charge in [-0.1, -0.05) is 0 Å². The second-order valence-electron chi connectivity index (χ2n) is 2.08. The van der Waals surface area contributed by atoms with Gasteiger partial charge < -0.3 is 4.74 Å². The Balaban J connectivity index is 2.50. The Morgan fingerprint density at radius 3 is 3.40 bits per heavy atom. The molecule has 1 aliphatic heterocycles. The third-order valence-corrected chi connectivity index (χ3v) is 1.47. The van der Waals surface area contributed by atoms with Crippen molar-refractivity contribution in [1.29, 1.82) is 0 Å². The van der Waals surface area contributed by atoms with Crippen LogP contribution in [0, 0.1) is 0 Å². The molecule has 1 aromatic rings. The minimum atomic E-state index is -0.321. The Kier molecular flexibility index (Phi) is 1.00. The summed E-state index contributed by atoms with van der Waals surface area (Å²) >= 11 is 0. The van der Waals surface area contributed by atoms with E-state index in [4.69, 9.17) is 4.74 Å². The van der Waals surface area contributed by atoms with Crippen molar-refractivity contribution < 1.29 is 9.53 Å². The monoisotopic (exact) mass is 138 g/mol. The first-order valence-electron chi connectivity index (χ1n) is 3.07. The molecule has 2 rings (SSSR count). The smallest absolute Gasteiger partial charge is 0.419 e. The van der Waals surface area contributed by atoms with Gasteiger partial charge in [0.25, 0.3) is 0 Å². The van der Waals surface area contributed by atoms with Crippen molar-refractivity contribution >= 4 is 6.09 Å². The van der Waals surface area contributed by atoms with E-state index in [2.05, 4.69) is 4.98 Å². The predicted molar refractivity (Wildman–Crippen MR) is 32.7 cm³/mol. The number of rotatable bonds is 0. The molecule has 0 amide bonds. The van der Waals surface area contributed by atoms with Crippen molar-refractivity contribution in [2.24, 2.45) is 0 Å². The van der Waals surface area contributed by atoms with E-state index in [0.29, 0.717) is 6.61 Å². The molecular weight excluding hydrogens is 132 g/mol. The number of imidazole rings is 1. The summed E-state index contributed by atoms with van der Waals surface area (Å²) in [5.74, 6) is 0.788. The standard InChI is InChI=1S/C6H6N2O2/c9-6-8-3-2-7-5(8)1-4-10-6/h2-3H,1,4H2. The second-order valence-corrected chi connectivity index (χ2v) is 2.08. The Labute approximate surface area is 57.4 Å². The Hall–Kier alpha value is -1.32. The largest absolute Gasteiger partial charge is 0.448 e. The summed E-state index contributed by atoms with van der Waals surface area (Å²) in [4.78, 5) is 14.8. The summed E-state index contributed by atoms with van der Waals surface area (Å²) in [5, 5.41) is 0. The fourth-order valence-electron chi connectivity index (χ4n) is 0.985. The lowest BCUT2D eigenvalue weighted by Gasteiger charge is -2.11. The predicted octanol–water partition coefficient (Wildman–Crippen LogP) is 0.424. The van der Waals surface area contributed by atoms with E-state index >= 15 is 0 Å². The van der Waals surface area contributed by atoms with Crippen molar-refractivity contribution in [3.63, 3.8) is 0 Å². The fraction of sp³-hybridized carbons (Fsp3) is 0.333. The van der Waals surface area contributed by atoms with Crippen LogP contribution in [0.25, 0.3) is 0 Å². The maximum absolute atomic E-state index is 10.8. The van der Waals surface area contributed by atoms with Crippen LogP contribution in [-0.4, -0.2) is 22.3 Å². The van der Waals surface area contributed by atoms with Gasteiger partial charge in [0.15, 0.2) is 0 Å². The highest BCUT2D eigenvalue weighted by Gasteiger charge is 2.16. The Bertz CT molecular complexity index is 266. The Morgan fingerprint density at radius 1 is 1.70 bits per heavy atom. The van der Waals surface area contributed by atoms with E-state index in [1.54, 1.807) is 12.4 Å². The molecule has 4 nitrogen and oxygen atoms in total. The van der Waals surface area contributed by atoms with Crippen molar-refractivity contribution in [3.8, 4) is 0 Å². The van der Waals surface area contributed by atoms with Gasteiger partial charge in [-0.05, 0) is 0 Å². The van der Waals surface area contributed by atoms with Gasteiger partial charge in [0, 0.05) is 18.8 Å². The average molecular weight is 138 g/mol. The molecule has 0 atom stereocenters. The van der Waals surface area contributed by atoms with Gasteiger partial charge in [-0.25, -0.2) is 14.3 Å². The van der Waals surface area contributed by atoms with Crippen LogP contribution in [-0.2, 0) is 11.2 Å². The van der Waals surface area contributed by atoms with Crippen molar-refractivity contribution in [3.05, 3.63) is 18.2 Å². The maximum Gasteiger partial charge on any atom is 0.419 e. The highest BCUT2D eigenvalue weighted by atomic mass is 16.6. The number of fused-ring (bicyclic) bond motifs is 1. The third kappa shape index (κ3) is 0.618. The molecule has 0 radical (unpaired) electrons. The van der Waals surface area contributed by atoms with Gasteiger partial charge in [-0.3, -0.25) is 0 Å². The molecule has 0 aromatic carbocycles. The molecule has 0 bridgehead atoms. The lowest BCUT2D eigenvalue weighted by molar-refractivity contribution is 0.137. The van der Waals surface area contributed by atoms with Crippen LogP contribution in [0.15, 0.2) is 12.4 Å². The second kappa shape index (κ2) is 1.83. The molecule has 2 heterocycles. The van der Waals surface area contributed by atoms with Crippen molar-refractivity contribution in [2.75, 3.05) is 6.61 Å². The third-order valence-electron chi connectivity index (χ3n) is 1.47. The molecular formula is C6H6N2O2. The molecule has 0 spiro atoms. The molecule has 0 aliphatic carbocycles. The van der Waals surface area contributed by atoms with E-state index in [9.17, 15) is 4.79 Å². The average Bonchev–Trinajstić information content (AvgIpc) is 2.36. The first kappa shape index (κ1) is 5.46. The van der Waals surface area contributed by atoms with Gasteiger partial charge >= 0.3 is 6.09 Å². The molecule has 1 aromatic heterocycles. The van der Waals surface area contributed by atoms with Crippen LogP contribution >= 0.6 is 0 Å². The van der Waals surface area contributed by atoms with E-state index < -0.39 is 0 Å². The van der Waals surface area contributed by atoms with Crippen molar-refractivity contribution in [1.82, 2.24) is 9.55 Å². The molecule has 52 valence electrons. The summed E-state index contributed by atoms with van der Waals surface area (Å²) in [6.07, 6.45) is 3.61. The highest BCUT2D eigenvalue weighted by molar-refractivity contribution is 5.71. The molecule has 0 unspecified atom stereocenters. The molecule has 10 heavy (non-hydrogen) atoms. The minimum absolute atomic E-state index is 0.321. The number of aromatic nitrogens is 2. The number of carbonyl (C=O) groups excluding carboxylic acids is 1. The minimum Gasteiger partial charge on any atom is -0.448 e. The van der Waals surface area contributed by atoms with Crippen molar-refractivity contribution in [2.45, 2.75) is 6.42 Å². The van der Waals surface area contributed by atoms with Crippen LogP contribution in [0.5, 0.6) is 0 Å². The van der Waals surface area contributed by atoms with E-state index in [-0.39, 0.29) is 6.09 Å². The molecule has 0 N–H and O–H groups in total. The summed E-state index contributed by atoms with van der Waals surface area (Å²) in [7, 11) is 0. The van der Waals surface area contributed by atoms with Gasteiger partial charge in [0.05, 0.1) is 0 Å². The number of carbonyl (C=O) groups is 1. The number of nitrogens with zero attached hydrogens (tertiary/aromatic N) is 2. The summed E-state index contributed by atoms with van der Waals surface area (Å²) in [6.45, 7) is 0.454. The molecule has 0 fully saturated rings. The molecule has 4 heteroatoms. The van der Waals surface area contributed by atoms with Crippen LogP contribution in [0.4, 0.5) is 4.79 Å². The summed E-state index contributed by atoms with van der Waals surface area (Å²) < 4.78 is 6.17. The normalized spacial score (nSPS) is 16.2. The maximum atomic E-state index is 10.8. The number of cyclic esters (lactones) is 1. The molecule has 1 aliphatic rings. The topological polar surface area (TPSA) is 44.1 Å². The first-order valence-corrected chi connectivity index (χ1v) is 3.07. The van der Waals surface area contributed by atoms with Crippen LogP contribution in [0.1, 0.15) is 5.82 Å². The van der Waals surface area contributed by atoms with Gasteiger partial charge in [0.2, 0.25) is 0 Å². The van der Waals surface area contributed by atoms with Crippen LogP contribution in [0.3, 0.4) is 0 Å². The Morgan fingerprint density at radius 2 is 2.60 bits per heavy atom. The van der Waals surface area contributed by atoms with E-state index in [1.165, 1.54) is 4.57 Å². The summed E-state index contributed by atoms with van der Waals surface area (Å²) in [5.41, 5.74) is 0. The first-order chi connectivity index (χ1) is 4.88. The zero-order chi connectivity index (χ0) is 6.97. The quantitative estimate of drug-likeness (QED) is 0.522. The lowest BCUT2D eigenvalue weighted by atomic mass is 10.4. The van der Waals surface area contributed by atoms with Gasteiger partial charge in [-0.2, -0.15) is 0 Å². The fourth-order valence-corrected chi connectivity index (χ4v) is 0.985.